The Hall–Kier alpha value is -3.85. The van der Waals surface area contributed by atoms with E-state index in [1.54, 1.807) is 7.11 Å². The van der Waals surface area contributed by atoms with Crippen LogP contribution in [0.2, 0.25) is 0 Å². The van der Waals surface area contributed by atoms with Crippen molar-refractivity contribution in [1.29, 1.82) is 0 Å². The number of aromatic nitrogens is 1. The molecular weight excluding hydrogens is 392 g/mol. The largest absolute Gasteiger partial charge is 0.497 e. The summed E-state index contributed by atoms with van der Waals surface area (Å²) in [5.74, 6) is 0.838. The predicted molar refractivity (Wildman–Crippen MR) is 135 cm³/mol. The highest BCUT2D eigenvalue weighted by Crippen LogP contribution is 2.31. The smallest absolute Gasteiger partial charge is 0.118 e. The second kappa shape index (κ2) is 8.35. The molecule has 1 heterocycles. The van der Waals surface area contributed by atoms with Gasteiger partial charge in [-0.05, 0) is 68.4 Å². The zero-order chi connectivity index (χ0) is 22.1. The highest BCUT2D eigenvalue weighted by atomic mass is 16.5. The van der Waals surface area contributed by atoms with Crippen LogP contribution >= 0.6 is 0 Å². The Morgan fingerprint density at radius 2 is 1.47 bits per heavy atom. The van der Waals surface area contributed by atoms with E-state index in [2.05, 4.69) is 97.3 Å². The molecule has 0 atom stereocenters. The van der Waals surface area contributed by atoms with Gasteiger partial charge in [-0.3, -0.25) is 0 Å². The van der Waals surface area contributed by atoms with E-state index in [4.69, 9.17) is 9.73 Å². The Labute approximate surface area is 188 Å². The van der Waals surface area contributed by atoms with Crippen LogP contribution < -0.4 is 4.74 Å². The van der Waals surface area contributed by atoms with Gasteiger partial charge in [-0.1, -0.05) is 42.0 Å². The zero-order valence-electron chi connectivity index (χ0n) is 18.7. The minimum Gasteiger partial charge on any atom is -0.497 e. The quantitative estimate of drug-likeness (QED) is 0.275. The molecular formula is C29H26N2O. The third kappa shape index (κ3) is 3.56. The molecule has 0 fully saturated rings. The molecule has 1 aromatic heterocycles. The number of rotatable bonds is 5. The van der Waals surface area contributed by atoms with Crippen LogP contribution in [0.25, 0.3) is 21.8 Å². The lowest BCUT2D eigenvalue weighted by atomic mass is 9.99. The summed E-state index contributed by atoms with van der Waals surface area (Å²) in [7, 11) is 1.69. The van der Waals surface area contributed by atoms with Gasteiger partial charge in [-0.2, -0.15) is 0 Å². The lowest BCUT2D eigenvalue weighted by molar-refractivity contribution is 0.415. The fourth-order valence-electron chi connectivity index (χ4n) is 4.33. The van der Waals surface area contributed by atoms with Crippen LogP contribution in [0, 0.1) is 6.92 Å². The van der Waals surface area contributed by atoms with Gasteiger partial charge in [-0.15, -0.1) is 0 Å². The number of hydrogen-bond donors (Lipinski definition) is 0. The molecule has 0 N–H and O–H groups in total. The van der Waals surface area contributed by atoms with Gasteiger partial charge < -0.3 is 9.30 Å². The normalized spacial score (nSPS) is 11.9. The molecule has 3 nitrogen and oxygen atoms in total. The first-order chi connectivity index (χ1) is 15.7. The van der Waals surface area contributed by atoms with Crippen LogP contribution in [-0.2, 0) is 6.54 Å². The highest BCUT2D eigenvalue weighted by molar-refractivity contribution is 6.17. The number of para-hydroxylation sites is 1. The minimum atomic E-state index is 0.838. The molecule has 0 aliphatic heterocycles. The SMILES string of the molecule is CCn1c2ccccc2c2cc(C(=Nc3ccc(C)cc3)c3ccc(OC)cc3)ccc21. The van der Waals surface area contributed by atoms with Crippen molar-refractivity contribution >= 4 is 33.2 Å². The van der Waals surface area contributed by atoms with Gasteiger partial charge in [0.05, 0.1) is 18.5 Å². The summed E-state index contributed by atoms with van der Waals surface area (Å²) in [6.45, 7) is 5.23. The first-order valence-corrected chi connectivity index (χ1v) is 11.0. The molecule has 0 amide bonds. The van der Waals surface area contributed by atoms with Crippen molar-refractivity contribution in [2.45, 2.75) is 20.4 Å². The van der Waals surface area contributed by atoms with Gasteiger partial charge in [0.1, 0.15) is 5.75 Å². The monoisotopic (exact) mass is 418 g/mol. The van der Waals surface area contributed by atoms with E-state index in [1.807, 2.05) is 12.1 Å². The molecule has 4 aromatic carbocycles. The number of nitrogens with zero attached hydrogens (tertiary/aromatic N) is 2. The third-order valence-corrected chi connectivity index (χ3v) is 6.00. The standard InChI is InChI=1S/C29H26N2O/c1-4-31-27-8-6-5-7-25(27)26-19-22(13-18-28(26)31)29(21-11-16-24(32-3)17-12-21)30-23-14-9-20(2)10-15-23/h5-19H,4H2,1-3H3. The van der Waals surface area contributed by atoms with E-state index in [-0.39, 0.29) is 0 Å². The maximum Gasteiger partial charge on any atom is 0.118 e. The minimum absolute atomic E-state index is 0.838. The van der Waals surface area contributed by atoms with E-state index in [9.17, 15) is 0 Å². The molecule has 5 rings (SSSR count). The Balaban J connectivity index is 1.73. The molecule has 32 heavy (non-hydrogen) atoms. The van der Waals surface area contributed by atoms with Crippen molar-refractivity contribution < 1.29 is 4.74 Å². The molecule has 0 bridgehead atoms. The summed E-state index contributed by atoms with van der Waals surface area (Å²) in [4.78, 5) is 5.08. The van der Waals surface area contributed by atoms with Crippen LogP contribution in [0.1, 0.15) is 23.6 Å². The van der Waals surface area contributed by atoms with Crippen LogP contribution in [0.5, 0.6) is 5.75 Å². The number of methoxy groups -OCH3 is 1. The molecule has 0 radical (unpaired) electrons. The second-order valence-electron chi connectivity index (χ2n) is 8.02. The van der Waals surface area contributed by atoms with Crippen molar-refractivity contribution in [2.75, 3.05) is 7.11 Å². The maximum atomic E-state index is 5.36. The fraction of sp³-hybridized carbons (Fsp3) is 0.138. The zero-order valence-corrected chi connectivity index (χ0v) is 18.7. The lowest BCUT2D eigenvalue weighted by Gasteiger charge is -2.10. The number of hydrogen-bond acceptors (Lipinski definition) is 2. The summed E-state index contributed by atoms with van der Waals surface area (Å²) in [5.41, 5.74) is 7.80. The second-order valence-corrected chi connectivity index (χ2v) is 8.02. The van der Waals surface area contributed by atoms with Gasteiger partial charge in [0.25, 0.3) is 0 Å². The third-order valence-electron chi connectivity index (χ3n) is 6.00. The van der Waals surface area contributed by atoms with Crippen LogP contribution in [0.4, 0.5) is 5.69 Å². The molecule has 5 aromatic rings. The van der Waals surface area contributed by atoms with E-state index in [1.165, 1.54) is 27.4 Å². The first kappa shape index (κ1) is 20.1. The lowest BCUT2D eigenvalue weighted by Crippen LogP contribution is -2.03. The summed E-state index contributed by atoms with van der Waals surface area (Å²) in [6, 6.07) is 31.8. The number of aryl methyl sites for hydroxylation is 2. The molecule has 0 spiro atoms. The molecule has 0 saturated carbocycles. The number of aliphatic imine (C=N–C) groups is 1. The van der Waals surface area contributed by atoms with Crippen molar-refractivity contribution in [2.24, 2.45) is 4.99 Å². The van der Waals surface area contributed by atoms with E-state index in [0.717, 1.165) is 34.8 Å². The van der Waals surface area contributed by atoms with E-state index in [0.29, 0.717) is 0 Å². The Morgan fingerprint density at radius 1 is 0.781 bits per heavy atom. The topological polar surface area (TPSA) is 26.5 Å². The average molecular weight is 419 g/mol. The molecule has 0 saturated heterocycles. The number of benzene rings is 4. The van der Waals surface area contributed by atoms with Gasteiger partial charge in [-0.25, -0.2) is 4.99 Å². The van der Waals surface area contributed by atoms with Crippen LogP contribution in [-0.4, -0.2) is 17.4 Å². The molecule has 3 heteroatoms. The number of fused-ring (bicyclic) bond motifs is 3. The molecule has 0 unspecified atom stereocenters. The molecule has 158 valence electrons. The summed E-state index contributed by atoms with van der Waals surface area (Å²) < 4.78 is 7.74. The fourth-order valence-corrected chi connectivity index (χ4v) is 4.33. The van der Waals surface area contributed by atoms with Gasteiger partial charge in [0, 0.05) is 39.5 Å². The van der Waals surface area contributed by atoms with E-state index < -0.39 is 0 Å². The Kier molecular flexibility index (Phi) is 5.24. The van der Waals surface area contributed by atoms with Crippen molar-refractivity contribution in [3.63, 3.8) is 0 Å². The molecule has 0 aliphatic carbocycles. The van der Waals surface area contributed by atoms with Crippen LogP contribution in [0.15, 0.2) is 96.0 Å². The summed E-state index contributed by atoms with van der Waals surface area (Å²) in [5, 5.41) is 2.53. The first-order valence-electron chi connectivity index (χ1n) is 11.0. The van der Waals surface area contributed by atoms with Gasteiger partial charge in [0.15, 0.2) is 0 Å². The highest BCUT2D eigenvalue weighted by Gasteiger charge is 2.14. The number of ether oxygens (including phenoxy) is 1. The maximum absolute atomic E-state index is 5.36. The van der Waals surface area contributed by atoms with E-state index >= 15 is 0 Å². The van der Waals surface area contributed by atoms with Gasteiger partial charge >= 0.3 is 0 Å². The van der Waals surface area contributed by atoms with Gasteiger partial charge in [0.2, 0.25) is 0 Å². The molecule has 0 aliphatic rings. The Bertz CT molecular complexity index is 1420. The van der Waals surface area contributed by atoms with Crippen LogP contribution in [0.3, 0.4) is 0 Å². The van der Waals surface area contributed by atoms with Crippen molar-refractivity contribution in [1.82, 2.24) is 4.57 Å². The van der Waals surface area contributed by atoms with Crippen molar-refractivity contribution in [3.8, 4) is 5.75 Å². The predicted octanol–water partition coefficient (Wildman–Crippen LogP) is 7.30. The van der Waals surface area contributed by atoms with Crippen molar-refractivity contribution in [3.05, 3.63) is 108 Å². The summed E-state index contributed by atoms with van der Waals surface area (Å²) in [6.07, 6.45) is 0. The summed E-state index contributed by atoms with van der Waals surface area (Å²) >= 11 is 0. The average Bonchev–Trinajstić information content (AvgIpc) is 3.17. The Morgan fingerprint density at radius 3 is 2.19 bits per heavy atom.